The maximum absolute atomic E-state index is 12.3. The van der Waals surface area contributed by atoms with Gasteiger partial charge in [-0.25, -0.2) is 8.42 Å². The van der Waals surface area contributed by atoms with E-state index in [0.29, 0.717) is 23.0 Å². The van der Waals surface area contributed by atoms with Crippen molar-refractivity contribution in [2.75, 3.05) is 29.9 Å². The molecule has 1 aromatic carbocycles. The van der Waals surface area contributed by atoms with Crippen molar-refractivity contribution in [3.63, 3.8) is 0 Å². The van der Waals surface area contributed by atoms with Gasteiger partial charge >= 0.3 is 0 Å². The molecule has 1 aliphatic rings. The lowest BCUT2D eigenvalue weighted by molar-refractivity contribution is 0.417. The number of sulfonamides is 1. The van der Waals surface area contributed by atoms with E-state index in [2.05, 4.69) is 10.0 Å². The van der Waals surface area contributed by atoms with Gasteiger partial charge in [0.05, 0.1) is 19.1 Å². The summed E-state index contributed by atoms with van der Waals surface area (Å²) >= 11 is 0. The Bertz CT molecular complexity index is 978. The lowest BCUT2D eigenvalue weighted by Gasteiger charge is -2.14. The molecule has 26 heavy (non-hydrogen) atoms. The van der Waals surface area contributed by atoms with Crippen molar-refractivity contribution in [3.05, 3.63) is 40.8 Å². The molecule has 0 radical (unpaired) electrons. The van der Waals surface area contributed by atoms with Crippen molar-refractivity contribution in [2.45, 2.75) is 12.8 Å². The van der Waals surface area contributed by atoms with E-state index in [1.54, 1.807) is 31.4 Å². The Balaban J connectivity index is 1.99. The molecule has 1 saturated carbocycles. The fourth-order valence-corrected chi connectivity index (χ4v) is 3.30. The van der Waals surface area contributed by atoms with E-state index < -0.39 is 10.0 Å². The lowest BCUT2D eigenvalue weighted by Crippen LogP contribution is -2.21. The minimum atomic E-state index is -3.44. The van der Waals surface area contributed by atoms with Gasteiger partial charge in [-0.3, -0.25) is 9.52 Å². The van der Waals surface area contributed by atoms with Gasteiger partial charge in [0.2, 0.25) is 10.0 Å². The monoisotopic (exact) mass is 377 g/mol. The zero-order valence-electron chi connectivity index (χ0n) is 15.1. The molecule has 0 spiro atoms. The van der Waals surface area contributed by atoms with E-state index in [1.807, 2.05) is 6.07 Å². The Labute approximate surface area is 153 Å². The van der Waals surface area contributed by atoms with Crippen molar-refractivity contribution >= 4 is 21.4 Å². The van der Waals surface area contributed by atoms with E-state index in [0.717, 1.165) is 23.9 Å². The Morgan fingerprint density at radius 2 is 1.88 bits per heavy atom. The minimum absolute atomic E-state index is 0.0857. The summed E-state index contributed by atoms with van der Waals surface area (Å²) in [7, 11) is -0.258. The van der Waals surface area contributed by atoms with Crippen LogP contribution < -0.4 is 20.3 Å². The molecule has 7 nitrogen and oxygen atoms in total. The normalized spacial score (nSPS) is 14.1. The number of aromatic nitrogens is 1. The van der Waals surface area contributed by atoms with Crippen LogP contribution in [0.3, 0.4) is 0 Å². The van der Waals surface area contributed by atoms with Gasteiger partial charge in [-0.1, -0.05) is 6.07 Å². The number of benzene rings is 1. The van der Waals surface area contributed by atoms with Gasteiger partial charge < -0.3 is 14.6 Å². The molecule has 1 heterocycles. The molecule has 3 rings (SSSR count). The first kappa shape index (κ1) is 18.3. The van der Waals surface area contributed by atoms with Gasteiger partial charge in [-0.2, -0.15) is 0 Å². The fraction of sp³-hybridized carbons (Fsp3) is 0.389. The molecular formula is C18H23N3O4S. The van der Waals surface area contributed by atoms with Crippen molar-refractivity contribution < 1.29 is 13.2 Å². The van der Waals surface area contributed by atoms with Crippen LogP contribution in [0.5, 0.6) is 5.75 Å². The number of pyridine rings is 1. The molecule has 2 aromatic rings. The lowest BCUT2D eigenvalue weighted by atomic mass is 10.1. The maximum Gasteiger partial charge on any atom is 0.273 e. The van der Waals surface area contributed by atoms with E-state index in [-0.39, 0.29) is 5.56 Å². The van der Waals surface area contributed by atoms with Gasteiger partial charge in [-0.15, -0.1) is 0 Å². The van der Waals surface area contributed by atoms with E-state index in [9.17, 15) is 13.2 Å². The predicted octanol–water partition coefficient (Wildman–Crippen LogP) is 2.25. The predicted molar refractivity (Wildman–Crippen MR) is 103 cm³/mol. The van der Waals surface area contributed by atoms with Crippen LogP contribution >= 0.6 is 0 Å². The molecule has 1 fully saturated rings. The maximum atomic E-state index is 12.3. The summed E-state index contributed by atoms with van der Waals surface area (Å²) in [5, 5.41) is 3.23. The third-order valence-electron chi connectivity index (χ3n) is 4.29. The fourth-order valence-electron chi connectivity index (χ4n) is 2.74. The second kappa shape index (κ2) is 7.03. The first-order valence-corrected chi connectivity index (χ1v) is 10.3. The van der Waals surface area contributed by atoms with E-state index in [4.69, 9.17) is 4.74 Å². The number of anilines is 2. The summed E-state index contributed by atoms with van der Waals surface area (Å²) in [6.45, 7) is 0.794. The van der Waals surface area contributed by atoms with Crippen LogP contribution in [0.4, 0.5) is 11.4 Å². The molecule has 2 N–H and O–H groups in total. The topological polar surface area (TPSA) is 89.4 Å². The van der Waals surface area contributed by atoms with Gasteiger partial charge in [0.1, 0.15) is 11.4 Å². The third kappa shape index (κ3) is 4.37. The highest BCUT2D eigenvalue weighted by Gasteiger charge is 2.21. The van der Waals surface area contributed by atoms with E-state index >= 15 is 0 Å². The van der Waals surface area contributed by atoms with Crippen LogP contribution in [-0.4, -0.2) is 32.9 Å². The largest absolute Gasteiger partial charge is 0.495 e. The number of nitrogens with one attached hydrogen (secondary N) is 2. The zero-order valence-corrected chi connectivity index (χ0v) is 15.9. The van der Waals surface area contributed by atoms with Crippen LogP contribution in [0, 0.1) is 5.92 Å². The smallest absolute Gasteiger partial charge is 0.273 e. The van der Waals surface area contributed by atoms with Crippen molar-refractivity contribution in [2.24, 2.45) is 13.0 Å². The van der Waals surface area contributed by atoms with Gasteiger partial charge in [0, 0.05) is 25.4 Å². The Kier molecular flexibility index (Phi) is 4.95. The molecule has 0 unspecified atom stereocenters. The molecule has 0 atom stereocenters. The summed E-state index contributed by atoms with van der Waals surface area (Å²) in [5.74, 6) is 1.07. The summed E-state index contributed by atoms with van der Waals surface area (Å²) in [6, 6.07) is 7.03. The second-order valence-corrected chi connectivity index (χ2v) is 8.42. The van der Waals surface area contributed by atoms with Crippen LogP contribution in [0.1, 0.15) is 12.8 Å². The zero-order chi connectivity index (χ0) is 18.9. The minimum Gasteiger partial charge on any atom is -0.495 e. The molecular weight excluding hydrogens is 354 g/mol. The van der Waals surface area contributed by atoms with Crippen molar-refractivity contribution in [1.29, 1.82) is 0 Å². The van der Waals surface area contributed by atoms with Gasteiger partial charge in [0.15, 0.2) is 0 Å². The summed E-state index contributed by atoms with van der Waals surface area (Å²) in [6.07, 6.45) is 5.22. The Morgan fingerprint density at radius 3 is 2.50 bits per heavy atom. The number of hydrogen-bond donors (Lipinski definition) is 2. The number of rotatable bonds is 7. The molecule has 8 heteroatoms. The third-order valence-corrected chi connectivity index (χ3v) is 4.88. The number of nitrogens with zero attached hydrogens (tertiary/aromatic N) is 1. The van der Waals surface area contributed by atoms with Crippen molar-refractivity contribution in [3.8, 4) is 16.9 Å². The Hall–Kier alpha value is -2.48. The van der Waals surface area contributed by atoms with Crippen LogP contribution in [-0.2, 0) is 17.1 Å². The number of methoxy groups -OCH3 is 1. The second-order valence-electron chi connectivity index (χ2n) is 6.67. The summed E-state index contributed by atoms with van der Waals surface area (Å²) in [4.78, 5) is 12.3. The van der Waals surface area contributed by atoms with Crippen LogP contribution in [0.25, 0.3) is 11.1 Å². The van der Waals surface area contributed by atoms with Gasteiger partial charge in [-0.05, 0) is 42.5 Å². The SMILES string of the molecule is COc1ccc(-c2cc(NCC3CC3)c(=O)n(C)c2)cc1NS(C)(=O)=O. The Morgan fingerprint density at radius 1 is 1.19 bits per heavy atom. The number of aryl methyl sites for hydroxylation is 1. The molecule has 0 amide bonds. The molecule has 0 saturated heterocycles. The summed E-state index contributed by atoms with van der Waals surface area (Å²) in [5.41, 5.74) is 2.41. The molecule has 140 valence electrons. The highest BCUT2D eigenvalue weighted by molar-refractivity contribution is 7.92. The van der Waals surface area contributed by atoms with Crippen molar-refractivity contribution in [1.82, 2.24) is 4.57 Å². The molecule has 0 bridgehead atoms. The summed E-state index contributed by atoms with van der Waals surface area (Å²) < 4.78 is 32.4. The number of ether oxygens (including phenoxy) is 1. The average Bonchev–Trinajstić information content (AvgIpc) is 3.39. The first-order chi connectivity index (χ1) is 12.3. The average molecular weight is 377 g/mol. The van der Waals surface area contributed by atoms with Crippen LogP contribution in [0.15, 0.2) is 35.3 Å². The standard InChI is InChI=1S/C18H23N3O4S/c1-21-11-14(9-16(18(21)22)19-10-12-4-5-12)13-6-7-17(25-2)15(8-13)20-26(3,23)24/h6-9,11-12,19-20H,4-5,10H2,1-3H3. The van der Waals surface area contributed by atoms with Crippen LogP contribution in [0.2, 0.25) is 0 Å². The highest BCUT2D eigenvalue weighted by Crippen LogP contribution is 2.32. The highest BCUT2D eigenvalue weighted by atomic mass is 32.2. The quantitative estimate of drug-likeness (QED) is 0.772. The molecule has 1 aliphatic carbocycles. The first-order valence-electron chi connectivity index (χ1n) is 8.37. The number of hydrogen-bond acceptors (Lipinski definition) is 5. The molecule has 1 aromatic heterocycles. The van der Waals surface area contributed by atoms with E-state index in [1.165, 1.54) is 24.5 Å². The molecule has 0 aliphatic heterocycles. The van der Waals surface area contributed by atoms with Gasteiger partial charge in [0.25, 0.3) is 5.56 Å².